The zero-order valence-corrected chi connectivity index (χ0v) is 14.5. The van der Waals surface area contributed by atoms with Crippen LogP contribution in [0.5, 0.6) is 5.75 Å². The molecule has 23 heavy (non-hydrogen) atoms. The molecule has 0 aliphatic carbocycles. The molecule has 128 valence electrons. The lowest BCUT2D eigenvalue weighted by Crippen LogP contribution is -2.47. The molecule has 5 heteroatoms. The van der Waals surface area contributed by atoms with Gasteiger partial charge in [-0.2, -0.15) is 0 Å². The number of hydrogen-bond donors (Lipinski definition) is 1. The Morgan fingerprint density at radius 1 is 1.43 bits per heavy atom. The van der Waals surface area contributed by atoms with Crippen molar-refractivity contribution in [2.75, 3.05) is 19.7 Å². The van der Waals surface area contributed by atoms with E-state index in [1.54, 1.807) is 6.07 Å². The first kappa shape index (κ1) is 17.7. The van der Waals surface area contributed by atoms with Crippen molar-refractivity contribution in [3.8, 4) is 5.75 Å². The summed E-state index contributed by atoms with van der Waals surface area (Å²) in [5, 5.41) is 2.79. The zero-order chi connectivity index (χ0) is 17.0. The first-order valence-electron chi connectivity index (χ1n) is 8.47. The Hall–Kier alpha value is -1.62. The molecule has 0 unspecified atom stereocenters. The van der Waals surface area contributed by atoms with E-state index in [9.17, 15) is 9.18 Å². The van der Waals surface area contributed by atoms with Crippen LogP contribution in [0.3, 0.4) is 0 Å². The van der Waals surface area contributed by atoms with Gasteiger partial charge in [0.05, 0.1) is 0 Å². The molecule has 4 nitrogen and oxygen atoms in total. The molecule has 2 rings (SSSR count). The lowest BCUT2D eigenvalue weighted by atomic mass is 9.94. The van der Waals surface area contributed by atoms with Gasteiger partial charge in [-0.3, -0.25) is 9.69 Å². The van der Waals surface area contributed by atoms with Crippen molar-refractivity contribution in [2.24, 2.45) is 0 Å². The van der Waals surface area contributed by atoms with Crippen LogP contribution in [0.4, 0.5) is 4.39 Å². The van der Waals surface area contributed by atoms with Gasteiger partial charge in [0.2, 0.25) is 0 Å². The fraction of sp³-hybridized carbons (Fsp3) is 0.611. The van der Waals surface area contributed by atoms with Gasteiger partial charge in [0.15, 0.2) is 11.6 Å². The summed E-state index contributed by atoms with van der Waals surface area (Å²) < 4.78 is 19.8. The van der Waals surface area contributed by atoms with Gasteiger partial charge in [0, 0.05) is 29.8 Å². The maximum Gasteiger partial charge on any atom is 0.251 e. The molecule has 1 amide bonds. The molecule has 0 bridgehead atoms. The van der Waals surface area contributed by atoms with Crippen molar-refractivity contribution in [3.05, 3.63) is 29.1 Å². The van der Waals surface area contributed by atoms with Gasteiger partial charge in [-0.25, -0.2) is 4.39 Å². The highest BCUT2D eigenvalue weighted by atomic mass is 19.1. The standard InChI is InChI=1S/C18H27FN2O2/c1-5-9-21(12(3)4)13-10-15-14(18(22)20-6-2)7-8-16(19)17(15)23-11-13/h7-8,12-13H,5-6,9-11H2,1-4H3,(H,20,22)/t13-/m1/s1. The van der Waals surface area contributed by atoms with Gasteiger partial charge < -0.3 is 10.1 Å². The smallest absolute Gasteiger partial charge is 0.251 e. The normalized spacial score (nSPS) is 17.1. The van der Waals surface area contributed by atoms with Crippen LogP contribution in [0.1, 0.15) is 50.0 Å². The number of hydrogen-bond acceptors (Lipinski definition) is 3. The molecule has 1 aromatic carbocycles. The fourth-order valence-corrected chi connectivity index (χ4v) is 3.23. The highest BCUT2D eigenvalue weighted by molar-refractivity contribution is 5.96. The molecular formula is C18H27FN2O2. The Kier molecular flexibility index (Phi) is 5.99. The fourth-order valence-electron chi connectivity index (χ4n) is 3.23. The van der Waals surface area contributed by atoms with Crippen LogP contribution < -0.4 is 10.1 Å². The van der Waals surface area contributed by atoms with E-state index in [4.69, 9.17) is 4.74 Å². The summed E-state index contributed by atoms with van der Waals surface area (Å²) >= 11 is 0. The largest absolute Gasteiger partial charge is 0.489 e. The van der Waals surface area contributed by atoms with Gasteiger partial charge in [0.1, 0.15) is 6.61 Å². The molecule has 1 heterocycles. The lowest BCUT2D eigenvalue weighted by molar-refractivity contribution is 0.0874. The van der Waals surface area contributed by atoms with Gasteiger partial charge in [-0.1, -0.05) is 6.92 Å². The van der Waals surface area contributed by atoms with Crippen LogP contribution in [0.2, 0.25) is 0 Å². The van der Waals surface area contributed by atoms with Crippen molar-refractivity contribution in [3.63, 3.8) is 0 Å². The molecule has 0 aromatic heterocycles. The Labute approximate surface area is 138 Å². The molecule has 0 radical (unpaired) electrons. The van der Waals surface area contributed by atoms with Gasteiger partial charge in [0.25, 0.3) is 5.91 Å². The summed E-state index contributed by atoms with van der Waals surface area (Å²) in [5.41, 5.74) is 1.21. The van der Waals surface area contributed by atoms with Crippen LogP contribution in [-0.4, -0.2) is 42.6 Å². The van der Waals surface area contributed by atoms with Crippen molar-refractivity contribution in [1.82, 2.24) is 10.2 Å². The molecule has 1 aliphatic rings. The second-order valence-electron chi connectivity index (χ2n) is 6.26. The predicted molar refractivity (Wildman–Crippen MR) is 89.5 cm³/mol. The average Bonchev–Trinajstić information content (AvgIpc) is 2.52. The number of rotatable bonds is 6. The first-order valence-corrected chi connectivity index (χ1v) is 8.47. The number of benzene rings is 1. The number of ether oxygens (including phenoxy) is 1. The summed E-state index contributed by atoms with van der Waals surface area (Å²) in [6.45, 7) is 10.3. The van der Waals surface area contributed by atoms with E-state index in [-0.39, 0.29) is 17.7 Å². The van der Waals surface area contributed by atoms with Gasteiger partial charge in [-0.15, -0.1) is 0 Å². The minimum atomic E-state index is -0.391. The Balaban J connectivity index is 2.33. The Morgan fingerprint density at radius 3 is 2.78 bits per heavy atom. The number of carbonyl (C=O) groups excluding carboxylic acids is 1. The minimum Gasteiger partial charge on any atom is -0.489 e. The third kappa shape index (κ3) is 3.83. The number of amides is 1. The molecule has 0 saturated carbocycles. The Bertz CT molecular complexity index is 560. The summed E-state index contributed by atoms with van der Waals surface area (Å²) in [6, 6.07) is 3.42. The molecule has 1 atom stereocenters. The summed E-state index contributed by atoms with van der Waals surface area (Å²) in [4.78, 5) is 14.6. The van der Waals surface area contributed by atoms with Crippen molar-refractivity contribution >= 4 is 5.91 Å². The predicted octanol–water partition coefficient (Wildman–Crippen LogP) is 3.00. The minimum absolute atomic E-state index is 0.164. The highest BCUT2D eigenvalue weighted by Crippen LogP contribution is 2.33. The third-order valence-corrected chi connectivity index (χ3v) is 4.27. The van der Waals surface area contributed by atoms with E-state index in [0.717, 1.165) is 13.0 Å². The highest BCUT2D eigenvalue weighted by Gasteiger charge is 2.31. The molecule has 1 aromatic rings. The molecular weight excluding hydrogens is 295 g/mol. The quantitative estimate of drug-likeness (QED) is 0.875. The molecule has 0 fully saturated rings. The van der Waals surface area contributed by atoms with E-state index in [1.807, 2.05) is 6.92 Å². The van der Waals surface area contributed by atoms with Crippen molar-refractivity contribution < 1.29 is 13.9 Å². The lowest BCUT2D eigenvalue weighted by Gasteiger charge is -2.38. The van der Waals surface area contributed by atoms with Crippen LogP contribution in [-0.2, 0) is 6.42 Å². The number of nitrogens with one attached hydrogen (secondary N) is 1. The number of carbonyl (C=O) groups is 1. The van der Waals surface area contributed by atoms with E-state index < -0.39 is 5.82 Å². The summed E-state index contributed by atoms with van der Waals surface area (Å²) in [5.74, 6) is -0.317. The van der Waals surface area contributed by atoms with E-state index in [1.165, 1.54) is 6.07 Å². The van der Waals surface area contributed by atoms with E-state index in [2.05, 4.69) is 31.0 Å². The zero-order valence-electron chi connectivity index (χ0n) is 14.5. The van der Waals surface area contributed by atoms with Crippen molar-refractivity contribution in [1.29, 1.82) is 0 Å². The number of fused-ring (bicyclic) bond motifs is 1. The van der Waals surface area contributed by atoms with Gasteiger partial charge >= 0.3 is 0 Å². The molecule has 0 spiro atoms. The second kappa shape index (κ2) is 7.77. The second-order valence-corrected chi connectivity index (χ2v) is 6.26. The summed E-state index contributed by atoms with van der Waals surface area (Å²) in [7, 11) is 0. The maximum atomic E-state index is 14.1. The maximum absolute atomic E-state index is 14.1. The van der Waals surface area contributed by atoms with Crippen molar-refractivity contribution in [2.45, 2.75) is 52.6 Å². The SMILES string of the molecule is CCCN(C(C)C)[C@H]1COc2c(F)ccc(C(=O)NCC)c2C1. The number of nitrogens with zero attached hydrogens (tertiary/aromatic N) is 1. The number of halogens is 1. The van der Waals surface area contributed by atoms with Gasteiger partial charge in [-0.05, 0) is 52.3 Å². The average molecular weight is 322 g/mol. The molecule has 0 saturated heterocycles. The monoisotopic (exact) mass is 322 g/mol. The van der Waals surface area contributed by atoms with Crippen LogP contribution in [0.15, 0.2) is 12.1 Å². The van der Waals surface area contributed by atoms with Crippen LogP contribution in [0.25, 0.3) is 0 Å². The Morgan fingerprint density at radius 2 is 2.17 bits per heavy atom. The first-order chi connectivity index (χ1) is 11.0. The van der Waals surface area contributed by atoms with E-state index >= 15 is 0 Å². The van der Waals surface area contributed by atoms with Crippen LogP contribution in [0, 0.1) is 5.82 Å². The topological polar surface area (TPSA) is 41.6 Å². The van der Waals surface area contributed by atoms with Crippen LogP contribution >= 0.6 is 0 Å². The molecule has 1 N–H and O–H groups in total. The van der Waals surface area contributed by atoms with E-state index in [0.29, 0.717) is 36.7 Å². The molecule has 1 aliphatic heterocycles. The third-order valence-electron chi connectivity index (χ3n) is 4.27. The summed E-state index contributed by atoms with van der Waals surface area (Å²) in [6.07, 6.45) is 1.69.